The van der Waals surface area contributed by atoms with Gasteiger partial charge in [0, 0.05) is 6.07 Å². The van der Waals surface area contributed by atoms with E-state index in [0.717, 1.165) is 11.0 Å². The van der Waals surface area contributed by atoms with E-state index in [1.54, 1.807) is 6.92 Å². The number of nitro benzene ring substituents is 1. The highest BCUT2D eigenvalue weighted by Crippen LogP contribution is 2.39. The lowest BCUT2D eigenvalue weighted by Gasteiger charge is -2.19. The van der Waals surface area contributed by atoms with Crippen LogP contribution in [0.2, 0.25) is 0 Å². The van der Waals surface area contributed by atoms with E-state index in [-0.39, 0.29) is 22.8 Å². The molecule has 0 radical (unpaired) electrons. The van der Waals surface area contributed by atoms with Crippen LogP contribution in [0.4, 0.5) is 10.5 Å². The monoisotopic (exact) mass is 396 g/mol. The van der Waals surface area contributed by atoms with Gasteiger partial charge in [-0.3, -0.25) is 24.6 Å². The average Bonchev–Trinajstić information content (AvgIpc) is 2.89. The molecule has 1 atom stereocenters. The first kappa shape index (κ1) is 20.2. The van der Waals surface area contributed by atoms with Crippen molar-refractivity contribution in [3.05, 3.63) is 32.7 Å². The van der Waals surface area contributed by atoms with Crippen molar-refractivity contribution in [3.8, 4) is 11.5 Å². The fraction of sp³-hybridized carbons (Fsp3) is 0.312. The number of nitro groups is 1. The highest BCUT2D eigenvalue weighted by Gasteiger charge is 2.41. The molecule has 1 aliphatic rings. The zero-order chi connectivity index (χ0) is 20.3. The second-order valence-corrected chi connectivity index (χ2v) is 6.32. The molecule has 144 valence electrons. The molecule has 1 saturated heterocycles. The van der Waals surface area contributed by atoms with Gasteiger partial charge in [-0.05, 0) is 43.3 Å². The van der Waals surface area contributed by atoms with Crippen LogP contribution >= 0.6 is 11.8 Å². The van der Waals surface area contributed by atoms with Crippen molar-refractivity contribution in [3.63, 3.8) is 0 Å². The number of aromatic hydroxyl groups is 1. The molecule has 11 heteroatoms. The molecule has 1 aromatic rings. The predicted octanol–water partition coefficient (Wildman–Crippen LogP) is 2.30. The minimum absolute atomic E-state index is 0.0295. The first-order valence-corrected chi connectivity index (χ1v) is 8.52. The van der Waals surface area contributed by atoms with Gasteiger partial charge in [-0.2, -0.15) is 0 Å². The number of carbonyl (C=O) groups is 3. The normalized spacial score (nSPS) is 16.6. The van der Waals surface area contributed by atoms with Gasteiger partial charge in [-0.15, -0.1) is 0 Å². The molecule has 1 aliphatic heterocycles. The van der Waals surface area contributed by atoms with E-state index < -0.39 is 39.5 Å². The summed E-state index contributed by atoms with van der Waals surface area (Å²) in [5.74, 6) is -2.25. The van der Waals surface area contributed by atoms with E-state index in [0.29, 0.717) is 11.8 Å². The fourth-order valence-corrected chi connectivity index (χ4v) is 3.23. The summed E-state index contributed by atoms with van der Waals surface area (Å²) in [7, 11) is 1.22. The molecule has 0 saturated carbocycles. The van der Waals surface area contributed by atoms with Crippen molar-refractivity contribution in [1.82, 2.24) is 4.90 Å². The van der Waals surface area contributed by atoms with Crippen molar-refractivity contribution in [2.45, 2.75) is 19.9 Å². The van der Waals surface area contributed by atoms with Gasteiger partial charge in [0.2, 0.25) is 5.75 Å². The Hall–Kier alpha value is -3.08. The van der Waals surface area contributed by atoms with Gasteiger partial charge in [0.05, 0.1) is 23.5 Å². The number of amides is 2. The minimum Gasteiger partial charge on any atom is -0.500 e. The molecule has 1 aromatic carbocycles. The minimum atomic E-state index is -1.10. The molecular weight excluding hydrogens is 380 g/mol. The van der Waals surface area contributed by atoms with Gasteiger partial charge >= 0.3 is 11.7 Å². The zero-order valence-corrected chi connectivity index (χ0v) is 15.4. The summed E-state index contributed by atoms with van der Waals surface area (Å²) >= 11 is 0.590. The summed E-state index contributed by atoms with van der Waals surface area (Å²) in [5, 5.41) is 20.2. The molecule has 1 N–H and O–H groups in total. The largest absolute Gasteiger partial charge is 0.500 e. The number of nitrogens with zero attached hydrogens (tertiary/aromatic N) is 2. The number of thioether (sulfide) groups is 1. The van der Waals surface area contributed by atoms with Gasteiger partial charge in [0.15, 0.2) is 5.75 Å². The number of methoxy groups -OCH3 is 1. The molecule has 1 heterocycles. The summed E-state index contributed by atoms with van der Waals surface area (Å²) in [5.41, 5.74) is -0.439. The molecule has 0 aliphatic carbocycles. The second-order valence-electron chi connectivity index (χ2n) is 5.33. The van der Waals surface area contributed by atoms with Crippen molar-refractivity contribution >= 4 is 40.6 Å². The first-order chi connectivity index (χ1) is 12.7. The van der Waals surface area contributed by atoms with E-state index in [4.69, 9.17) is 9.47 Å². The maximum absolute atomic E-state index is 12.5. The van der Waals surface area contributed by atoms with Crippen LogP contribution in [-0.4, -0.2) is 51.8 Å². The van der Waals surface area contributed by atoms with Gasteiger partial charge < -0.3 is 14.6 Å². The summed E-state index contributed by atoms with van der Waals surface area (Å²) < 4.78 is 9.71. The second kappa shape index (κ2) is 8.08. The van der Waals surface area contributed by atoms with Crippen molar-refractivity contribution < 1.29 is 33.9 Å². The quantitative estimate of drug-likeness (QED) is 0.332. The number of rotatable bonds is 6. The van der Waals surface area contributed by atoms with Crippen LogP contribution in [0.1, 0.15) is 19.4 Å². The highest BCUT2D eigenvalue weighted by atomic mass is 32.2. The van der Waals surface area contributed by atoms with Crippen LogP contribution in [0.5, 0.6) is 11.5 Å². The first-order valence-electron chi connectivity index (χ1n) is 7.70. The maximum Gasteiger partial charge on any atom is 0.329 e. The lowest BCUT2D eigenvalue weighted by atomic mass is 10.1. The third-order valence-electron chi connectivity index (χ3n) is 3.63. The average molecular weight is 396 g/mol. The van der Waals surface area contributed by atoms with E-state index in [2.05, 4.69) is 0 Å². The zero-order valence-electron chi connectivity index (χ0n) is 14.6. The van der Waals surface area contributed by atoms with E-state index in [1.165, 1.54) is 26.2 Å². The van der Waals surface area contributed by atoms with Crippen LogP contribution in [0.3, 0.4) is 0 Å². The van der Waals surface area contributed by atoms with Crippen LogP contribution in [-0.2, 0) is 14.3 Å². The fourth-order valence-electron chi connectivity index (χ4n) is 2.33. The number of ether oxygens (including phenoxy) is 2. The van der Waals surface area contributed by atoms with Crippen LogP contribution in [0.25, 0.3) is 6.08 Å². The Labute approximate surface area is 157 Å². The Bertz CT molecular complexity index is 851. The van der Waals surface area contributed by atoms with Crippen LogP contribution < -0.4 is 4.74 Å². The lowest BCUT2D eigenvalue weighted by molar-refractivity contribution is -0.386. The number of hydrogen-bond donors (Lipinski definition) is 1. The highest BCUT2D eigenvalue weighted by molar-refractivity contribution is 8.18. The van der Waals surface area contributed by atoms with Gasteiger partial charge in [-0.1, -0.05) is 0 Å². The standard InChI is InChI=1S/C16H16N2O8S/c1-4-26-15(21)8(2)17-14(20)12(27-16(17)22)7-9-5-10(18(23)24)13(19)11(6-9)25-3/h5-8,19H,4H2,1-3H3/b12-7+/t8-/m0/s1. The Morgan fingerprint density at radius 1 is 1.44 bits per heavy atom. The molecule has 0 unspecified atom stereocenters. The molecule has 10 nitrogen and oxygen atoms in total. The van der Waals surface area contributed by atoms with Crippen LogP contribution in [0.15, 0.2) is 17.0 Å². The van der Waals surface area contributed by atoms with Gasteiger partial charge in [-0.25, -0.2) is 4.79 Å². The summed E-state index contributed by atoms with van der Waals surface area (Å²) in [6, 6.07) is 1.22. The molecule has 27 heavy (non-hydrogen) atoms. The number of esters is 1. The molecule has 0 spiro atoms. The van der Waals surface area contributed by atoms with E-state index >= 15 is 0 Å². The van der Waals surface area contributed by atoms with Crippen molar-refractivity contribution in [2.24, 2.45) is 0 Å². The Morgan fingerprint density at radius 3 is 2.67 bits per heavy atom. The van der Waals surface area contributed by atoms with Gasteiger partial charge in [0.1, 0.15) is 6.04 Å². The molecule has 1 fully saturated rings. The SMILES string of the molecule is CCOC(=O)[C@H](C)N1C(=O)S/C(=C/c2cc(OC)c(O)c([N+](=O)[O-])c2)C1=O. The van der Waals surface area contributed by atoms with Crippen molar-refractivity contribution in [1.29, 1.82) is 0 Å². The number of imide groups is 1. The van der Waals surface area contributed by atoms with E-state index in [1.807, 2.05) is 0 Å². The summed E-state index contributed by atoms with van der Waals surface area (Å²) in [4.78, 5) is 47.4. The predicted molar refractivity (Wildman–Crippen MR) is 95.2 cm³/mol. The lowest BCUT2D eigenvalue weighted by Crippen LogP contribution is -2.42. The maximum atomic E-state index is 12.5. The molecule has 2 amide bonds. The van der Waals surface area contributed by atoms with Gasteiger partial charge in [0.25, 0.3) is 11.1 Å². The topological polar surface area (TPSA) is 136 Å². The molecule has 2 rings (SSSR count). The van der Waals surface area contributed by atoms with Crippen molar-refractivity contribution in [2.75, 3.05) is 13.7 Å². The number of benzene rings is 1. The molecule has 0 aromatic heterocycles. The molecular formula is C16H16N2O8S. The van der Waals surface area contributed by atoms with E-state index in [9.17, 15) is 29.6 Å². The number of hydrogen-bond acceptors (Lipinski definition) is 9. The summed E-state index contributed by atoms with van der Waals surface area (Å²) in [6.07, 6.45) is 1.25. The third kappa shape index (κ3) is 4.03. The number of phenols is 1. The Kier molecular flexibility index (Phi) is 6.05. The number of carbonyl (C=O) groups excluding carboxylic acids is 3. The molecule has 0 bridgehead atoms. The third-order valence-corrected chi connectivity index (χ3v) is 4.51. The Balaban J connectivity index is 2.39. The van der Waals surface area contributed by atoms with Crippen LogP contribution in [0, 0.1) is 10.1 Å². The number of phenolic OH excluding ortho intramolecular Hbond substituents is 1. The Morgan fingerprint density at radius 2 is 2.11 bits per heavy atom. The summed E-state index contributed by atoms with van der Waals surface area (Å²) in [6.45, 7) is 3.07. The smallest absolute Gasteiger partial charge is 0.329 e.